The number of Topliss-reactive ketones (excluding diaryl/α,β-unsaturated/α-hetero) is 1. The van der Waals surface area contributed by atoms with Crippen LogP contribution in [0.5, 0.6) is 0 Å². The molecule has 0 bridgehead atoms. The minimum Gasteiger partial charge on any atom is -0.381 e. The second-order valence-electron chi connectivity index (χ2n) is 4.40. The molecule has 1 aromatic carbocycles. The van der Waals surface area contributed by atoms with E-state index in [9.17, 15) is 4.79 Å². The average molecular weight is 246 g/mol. The van der Waals surface area contributed by atoms with Gasteiger partial charge in [0.25, 0.3) is 0 Å². The van der Waals surface area contributed by atoms with E-state index >= 15 is 0 Å². The SMILES string of the molecule is O=C(c1csc2ccccc12)C1CCOCC1. The zero-order chi connectivity index (χ0) is 11.7. The predicted molar refractivity (Wildman–Crippen MR) is 69.7 cm³/mol. The summed E-state index contributed by atoms with van der Waals surface area (Å²) in [7, 11) is 0. The number of rotatable bonds is 2. The van der Waals surface area contributed by atoms with Gasteiger partial charge in [-0.1, -0.05) is 18.2 Å². The van der Waals surface area contributed by atoms with E-state index in [-0.39, 0.29) is 5.92 Å². The van der Waals surface area contributed by atoms with Crippen molar-refractivity contribution in [2.24, 2.45) is 5.92 Å². The summed E-state index contributed by atoms with van der Waals surface area (Å²) in [6.45, 7) is 1.44. The first kappa shape index (κ1) is 10.9. The van der Waals surface area contributed by atoms with Gasteiger partial charge in [-0.2, -0.15) is 0 Å². The number of ether oxygens (including phenoxy) is 1. The average Bonchev–Trinajstić information content (AvgIpc) is 2.83. The lowest BCUT2D eigenvalue weighted by atomic mass is 9.91. The van der Waals surface area contributed by atoms with Crippen molar-refractivity contribution in [3.05, 3.63) is 35.2 Å². The van der Waals surface area contributed by atoms with E-state index in [4.69, 9.17) is 4.74 Å². The third kappa shape index (κ3) is 2.01. The van der Waals surface area contributed by atoms with Gasteiger partial charge in [0, 0.05) is 40.2 Å². The van der Waals surface area contributed by atoms with Crippen LogP contribution in [0.2, 0.25) is 0 Å². The van der Waals surface area contributed by atoms with Crippen LogP contribution >= 0.6 is 11.3 Å². The van der Waals surface area contributed by atoms with Crippen LogP contribution in [0.4, 0.5) is 0 Å². The van der Waals surface area contributed by atoms with E-state index in [1.165, 1.54) is 4.70 Å². The fourth-order valence-corrected chi connectivity index (χ4v) is 3.30. The van der Waals surface area contributed by atoms with E-state index in [1.807, 2.05) is 23.6 Å². The van der Waals surface area contributed by atoms with Gasteiger partial charge in [-0.15, -0.1) is 11.3 Å². The Morgan fingerprint density at radius 2 is 2.00 bits per heavy atom. The van der Waals surface area contributed by atoms with Crippen molar-refractivity contribution in [2.45, 2.75) is 12.8 Å². The fraction of sp³-hybridized carbons (Fsp3) is 0.357. The Morgan fingerprint density at radius 1 is 1.24 bits per heavy atom. The molecule has 1 aliphatic heterocycles. The zero-order valence-electron chi connectivity index (χ0n) is 9.52. The van der Waals surface area contributed by atoms with E-state index in [0.717, 1.165) is 37.0 Å². The molecular formula is C14H14O2S. The summed E-state index contributed by atoms with van der Waals surface area (Å²) < 4.78 is 6.50. The van der Waals surface area contributed by atoms with Gasteiger partial charge in [0.2, 0.25) is 0 Å². The number of fused-ring (bicyclic) bond motifs is 1. The molecule has 3 heteroatoms. The molecule has 17 heavy (non-hydrogen) atoms. The van der Waals surface area contributed by atoms with Crippen LogP contribution in [0.25, 0.3) is 10.1 Å². The Balaban J connectivity index is 1.95. The van der Waals surface area contributed by atoms with Crippen molar-refractivity contribution >= 4 is 27.2 Å². The van der Waals surface area contributed by atoms with Gasteiger partial charge in [-0.05, 0) is 18.9 Å². The van der Waals surface area contributed by atoms with E-state index < -0.39 is 0 Å². The minimum absolute atomic E-state index is 0.154. The Kier molecular flexibility index (Phi) is 2.95. The third-order valence-corrected chi connectivity index (χ3v) is 4.30. The highest BCUT2D eigenvalue weighted by molar-refractivity contribution is 7.17. The van der Waals surface area contributed by atoms with Crippen LogP contribution < -0.4 is 0 Å². The van der Waals surface area contributed by atoms with Crippen LogP contribution in [-0.4, -0.2) is 19.0 Å². The molecule has 1 aliphatic rings. The normalized spacial score (nSPS) is 17.4. The lowest BCUT2D eigenvalue weighted by Gasteiger charge is -2.20. The number of thiophene rings is 1. The molecule has 0 unspecified atom stereocenters. The van der Waals surface area contributed by atoms with E-state index in [1.54, 1.807) is 11.3 Å². The highest BCUT2D eigenvalue weighted by atomic mass is 32.1. The lowest BCUT2D eigenvalue weighted by Crippen LogP contribution is -2.23. The van der Waals surface area contributed by atoms with E-state index in [2.05, 4.69) is 6.07 Å². The molecule has 2 heterocycles. The molecule has 1 fully saturated rings. The van der Waals surface area contributed by atoms with Gasteiger partial charge < -0.3 is 4.74 Å². The molecule has 2 aromatic rings. The van der Waals surface area contributed by atoms with Gasteiger partial charge >= 0.3 is 0 Å². The number of carbonyl (C=O) groups is 1. The molecule has 3 rings (SSSR count). The van der Waals surface area contributed by atoms with Gasteiger partial charge in [0.15, 0.2) is 5.78 Å². The van der Waals surface area contributed by atoms with Gasteiger partial charge in [-0.25, -0.2) is 0 Å². The summed E-state index contributed by atoms with van der Waals surface area (Å²) in [6, 6.07) is 8.12. The first-order valence-corrected chi connectivity index (χ1v) is 6.82. The van der Waals surface area contributed by atoms with Crippen LogP contribution in [0.15, 0.2) is 29.6 Å². The van der Waals surface area contributed by atoms with Crippen molar-refractivity contribution in [3.8, 4) is 0 Å². The zero-order valence-corrected chi connectivity index (χ0v) is 10.3. The summed E-state index contributed by atoms with van der Waals surface area (Å²) in [5.74, 6) is 0.451. The standard InChI is InChI=1S/C14H14O2S/c15-14(10-5-7-16-8-6-10)12-9-17-13-4-2-1-3-11(12)13/h1-4,9-10H,5-8H2. The molecule has 0 aliphatic carbocycles. The number of benzene rings is 1. The summed E-state index contributed by atoms with van der Waals surface area (Å²) >= 11 is 1.65. The summed E-state index contributed by atoms with van der Waals surface area (Å²) in [4.78, 5) is 12.4. The predicted octanol–water partition coefficient (Wildman–Crippen LogP) is 3.51. The Hall–Kier alpha value is -1.19. The van der Waals surface area contributed by atoms with Crippen molar-refractivity contribution in [1.29, 1.82) is 0 Å². The molecule has 0 spiro atoms. The second-order valence-corrected chi connectivity index (χ2v) is 5.31. The van der Waals surface area contributed by atoms with Crippen LogP contribution in [0.1, 0.15) is 23.2 Å². The maximum absolute atomic E-state index is 12.4. The highest BCUT2D eigenvalue weighted by Crippen LogP contribution is 2.29. The van der Waals surface area contributed by atoms with Gasteiger partial charge in [0.05, 0.1) is 0 Å². The third-order valence-electron chi connectivity index (χ3n) is 3.34. The number of hydrogen-bond acceptors (Lipinski definition) is 3. The summed E-state index contributed by atoms with van der Waals surface area (Å²) in [5.41, 5.74) is 0.900. The first-order chi connectivity index (χ1) is 8.36. The Bertz CT molecular complexity index is 538. The minimum atomic E-state index is 0.154. The monoisotopic (exact) mass is 246 g/mol. The van der Waals surface area contributed by atoms with Crippen LogP contribution in [0, 0.1) is 5.92 Å². The molecule has 0 saturated carbocycles. The summed E-state index contributed by atoms with van der Waals surface area (Å²) in [6.07, 6.45) is 1.73. The molecule has 0 atom stereocenters. The van der Waals surface area contributed by atoms with Crippen molar-refractivity contribution < 1.29 is 9.53 Å². The summed E-state index contributed by atoms with van der Waals surface area (Å²) in [5, 5.41) is 3.11. The fourth-order valence-electron chi connectivity index (χ4n) is 2.35. The van der Waals surface area contributed by atoms with E-state index in [0.29, 0.717) is 5.78 Å². The smallest absolute Gasteiger partial charge is 0.167 e. The highest BCUT2D eigenvalue weighted by Gasteiger charge is 2.24. The first-order valence-electron chi connectivity index (χ1n) is 5.94. The molecule has 0 radical (unpaired) electrons. The molecule has 1 aromatic heterocycles. The number of ketones is 1. The van der Waals surface area contributed by atoms with Gasteiger partial charge in [0.1, 0.15) is 0 Å². The maximum atomic E-state index is 12.4. The molecular weight excluding hydrogens is 232 g/mol. The van der Waals surface area contributed by atoms with Crippen LogP contribution in [0.3, 0.4) is 0 Å². The molecule has 0 amide bonds. The Labute approximate surface area is 104 Å². The molecule has 2 nitrogen and oxygen atoms in total. The Morgan fingerprint density at radius 3 is 2.82 bits per heavy atom. The largest absolute Gasteiger partial charge is 0.381 e. The van der Waals surface area contributed by atoms with Crippen LogP contribution in [-0.2, 0) is 4.74 Å². The molecule has 1 saturated heterocycles. The number of carbonyl (C=O) groups excluding carboxylic acids is 1. The topological polar surface area (TPSA) is 26.3 Å². The number of hydrogen-bond donors (Lipinski definition) is 0. The molecule has 88 valence electrons. The van der Waals surface area contributed by atoms with Crippen molar-refractivity contribution in [1.82, 2.24) is 0 Å². The lowest BCUT2D eigenvalue weighted by molar-refractivity contribution is 0.0546. The van der Waals surface area contributed by atoms with Crippen molar-refractivity contribution in [3.63, 3.8) is 0 Å². The van der Waals surface area contributed by atoms with Gasteiger partial charge in [-0.3, -0.25) is 4.79 Å². The molecule has 0 N–H and O–H groups in total. The maximum Gasteiger partial charge on any atom is 0.167 e. The second kappa shape index (κ2) is 4.59. The quantitative estimate of drug-likeness (QED) is 0.758. The van der Waals surface area contributed by atoms with Crippen molar-refractivity contribution in [2.75, 3.05) is 13.2 Å².